The highest BCUT2D eigenvalue weighted by molar-refractivity contribution is 6.09. The molecule has 250 valence electrons. The fourth-order valence-electron chi connectivity index (χ4n) is 4.78. The number of carbonyl (C=O) groups excluding carboxylic acids is 5. The molecule has 1 aromatic carbocycles. The molecule has 1 N–H and O–H groups in total. The number of aldehydes is 2. The molecule has 1 aromatic rings. The molecule has 0 heterocycles. The molecule has 0 fully saturated rings. The second kappa shape index (κ2) is 18.6. The standard InChI is InChI=1S/C34H54BN3O7/c1-9-38(24-33(5,6)32(2,3)4)31(43)16-19-34(17-11-20-39,18-15-30(42)37(7)25-35)36-29(41)12-10-21-45-27-14-13-26(23-40)22-28(27)44-8/h13-14,20,22-23H,9-12,15-19,21,24-25H2,1-8H3,(H,36,41). The number of rotatable bonds is 21. The van der Waals surface area contributed by atoms with Crippen LogP contribution in [0, 0.1) is 10.8 Å². The molecule has 3 amide bonds. The Hall–Kier alpha value is -3.37. The van der Waals surface area contributed by atoms with Gasteiger partial charge in [0.2, 0.25) is 17.7 Å². The van der Waals surface area contributed by atoms with E-state index in [9.17, 15) is 24.0 Å². The van der Waals surface area contributed by atoms with E-state index in [0.29, 0.717) is 43.0 Å². The largest absolute Gasteiger partial charge is 0.493 e. The van der Waals surface area contributed by atoms with Crippen LogP contribution in [0.1, 0.15) is 103 Å². The number of nitrogens with zero attached hydrogens (tertiary/aromatic N) is 2. The molecule has 10 nitrogen and oxygen atoms in total. The lowest BCUT2D eigenvalue weighted by Crippen LogP contribution is -2.50. The predicted octanol–water partition coefficient (Wildman–Crippen LogP) is 4.57. The van der Waals surface area contributed by atoms with Crippen molar-refractivity contribution in [2.24, 2.45) is 10.8 Å². The Kier molecular flexibility index (Phi) is 16.4. The summed E-state index contributed by atoms with van der Waals surface area (Å²) in [5, 5.41) is 3.11. The van der Waals surface area contributed by atoms with Crippen LogP contribution in [0.15, 0.2) is 18.2 Å². The van der Waals surface area contributed by atoms with Gasteiger partial charge in [-0.05, 0) is 68.1 Å². The number of amides is 3. The van der Waals surface area contributed by atoms with Gasteiger partial charge in [0.15, 0.2) is 11.5 Å². The molecule has 0 aromatic heterocycles. The van der Waals surface area contributed by atoms with Crippen LogP contribution in [-0.4, -0.2) is 93.8 Å². The summed E-state index contributed by atoms with van der Waals surface area (Å²) in [5.74, 6) is 0.397. The third-order valence-electron chi connectivity index (χ3n) is 8.96. The van der Waals surface area contributed by atoms with Crippen molar-refractivity contribution in [2.75, 3.05) is 40.3 Å². The van der Waals surface area contributed by atoms with Gasteiger partial charge in [0, 0.05) is 56.9 Å². The first-order valence-corrected chi connectivity index (χ1v) is 15.8. The van der Waals surface area contributed by atoms with Crippen molar-refractivity contribution in [2.45, 2.75) is 98.4 Å². The van der Waals surface area contributed by atoms with E-state index in [2.05, 4.69) is 39.9 Å². The third-order valence-corrected chi connectivity index (χ3v) is 8.96. The molecule has 0 bridgehead atoms. The molecule has 1 unspecified atom stereocenters. The number of methoxy groups -OCH3 is 1. The average Bonchev–Trinajstić information content (AvgIpc) is 3.01. The Morgan fingerprint density at radius 1 is 0.956 bits per heavy atom. The van der Waals surface area contributed by atoms with Crippen LogP contribution >= 0.6 is 0 Å². The molecule has 0 saturated carbocycles. The number of hydrogen-bond donors (Lipinski definition) is 1. The summed E-state index contributed by atoms with van der Waals surface area (Å²) < 4.78 is 11.1. The molecule has 0 aliphatic rings. The van der Waals surface area contributed by atoms with Crippen molar-refractivity contribution in [3.8, 4) is 11.5 Å². The molecule has 0 aliphatic heterocycles. The van der Waals surface area contributed by atoms with Gasteiger partial charge in [0.25, 0.3) is 0 Å². The third kappa shape index (κ3) is 12.9. The number of benzene rings is 1. The quantitative estimate of drug-likeness (QED) is 0.120. The number of nitrogens with one attached hydrogen (secondary N) is 1. The average molecular weight is 628 g/mol. The van der Waals surface area contributed by atoms with E-state index < -0.39 is 5.54 Å². The molecular formula is C34H54BN3O7. The predicted molar refractivity (Wildman–Crippen MR) is 177 cm³/mol. The fourth-order valence-corrected chi connectivity index (χ4v) is 4.78. The Balaban J connectivity index is 3.08. The lowest BCUT2D eigenvalue weighted by molar-refractivity contribution is -0.134. The first kappa shape index (κ1) is 39.7. The van der Waals surface area contributed by atoms with Crippen LogP contribution in [0.5, 0.6) is 11.5 Å². The van der Waals surface area contributed by atoms with Gasteiger partial charge in [0.1, 0.15) is 12.6 Å². The highest BCUT2D eigenvalue weighted by atomic mass is 16.5. The van der Waals surface area contributed by atoms with E-state index >= 15 is 0 Å². The van der Waals surface area contributed by atoms with Crippen molar-refractivity contribution < 1.29 is 33.4 Å². The minimum absolute atomic E-state index is 0.0222. The van der Waals surface area contributed by atoms with Crippen LogP contribution in [0.25, 0.3) is 0 Å². The number of hydrogen-bond acceptors (Lipinski definition) is 7. The molecular weight excluding hydrogens is 573 g/mol. The molecule has 11 heteroatoms. The summed E-state index contributed by atoms with van der Waals surface area (Å²) in [4.78, 5) is 65.3. The van der Waals surface area contributed by atoms with Crippen LogP contribution in [0.3, 0.4) is 0 Å². The lowest BCUT2D eigenvalue weighted by atomic mass is 9.69. The van der Waals surface area contributed by atoms with E-state index in [1.165, 1.54) is 12.0 Å². The fraction of sp³-hybridized carbons (Fsp3) is 0.676. The Labute approximate surface area is 271 Å². The molecule has 0 spiro atoms. The first-order valence-electron chi connectivity index (χ1n) is 15.8. The molecule has 0 saturated heterocycles. The maximum Gasteiger partial charge on any atom is 0.222 e. The summed E-state index contributed by atoms with van der Waals surface area (Å²) in [5.41, 5.74) is -0.638. The number of ether oxygens (including phenoxy) is 2. The van der Waals surface area contributed by atoms with E-state index in [1.807, 2.05) is 11.8 Å². The maximum atomic E-state index is 13.5. The second-order valence-electron chi connectivity index (χ2n) is 13.3. The van der Waals surface area contributed by atoms with Gasteiger partial charge in [0.05, 0.1) is 21.6 Å². The molecule has 2 radical (unpaired) electrons. The van der Waals surface area contributed by atoms with Gasteiger partial charge in [-0.2, -0.15) is 0 Å². The zero-order chi connectivity index (χ0) is 34.3. The normalized spacial score (nSPS) is 12.9. The molecule has 45 heavy (non-hydrogen) atoms. The maximum absolute atomic E-state index is 13.5. The van der Waals surface area contributed by atoms with Crippen molar-refractivity contribution in [1.82, 2.24) is 15.1 Å². The first-order chi connectivity index (χ1) is 21.1. The Bertz CT molecular complexity index is 1140. The summed E-state index contributed by atoms with van der Waals surface area (Å²) in [6, 6.07) is 4.83. The van der Waals surface area contributed by atoms with E-state index in [0.717, 1.165) is 12.6 Å². The van der Waals surface area contributed by atoms with Gasteiger partial charge in [-0.25, -0.2) is 0 Å². The van der Waals surface area contributed by atoms with Crippen LogP contribution in [0.2, 0.25) is 0 Å². The van der Waals surface area contributed by atoms with Crippen molar-refractivity contribution >= 4 is 38.1 Å². The lowest BCUT2D eigenvalue weighted by Gasteiger charge is -2.42. The highest BCUT2D eigenvalue weighted by Gasteiger charge is 2.37. The smallest absolute Gasteiger partial charge is 0.222 e. The van der Waals surface area contributed by atoms with Crippen molar-refractivity contribution in [1.29, 1.82) is 0 Å². The van der Waals surface area contributed by atoms with E-state index in [1.54, 1.807) is 25.2 Å². The van der Waals surface area contributed by atoms with Gasteiger partial charge < -0.3 is 29.4 Å². The van der Waals surface area contributed by atoms with Crippen LogP contribution in [0.4, 0.5) is 0 Å². The second-order valence-corrected chi connectivity index (χ2v) is 13.3. The SMILES string of the molecule is [B]CN(C)C(=O)CCC(CCC=O)(CCC(=O)N(CC)CC(C)(C)C(C)(C)C)NC(=O)CCCOc1ccc(C=O)cc1OC. The van der Waals surface area contributed by atoms with E-state index in [4.69, 9.17) is 17.3 Å². The highest BCUT2D eigenvalue weighted by Crippen LogP contribution is 2.38. The zero-order valence-electron chi connectivity index (χ0n) is 28.7. The topological polar surface area (TPSA) is 122 Å². The zero-order valence-corrected chi connectivity index (χ0v) is 28.7. The van der Waals surface area contributed by atoms with Crippen molar-refractivity contribution in [3.63, 3.8) is 0 Å². The molecule has 0 aliphatic carbocycles. The van der Waals surface area contributed by atoms with Gasteiger partial charge in [-0.15, -0.1) is 0 Å². The minimum Gasteiger partial charge on any atom is -0.493 e. The van der Waals surface area contributed by atoms with E-state index in [-0.39, 0.29) is 80.1 Å². The summed E-state index contributed by atoms with van der Waals surface area (Å²) >= 11 is 0. The monoisotopic (exact) mass is 627 g/mol. The van der Waals surface area contributed by atoms with Gasteiger partial charge in [-0.1, -0.05) is 34.6 Å². The molecule has 1 rings (SSSR count). The minimum atomic E-state index is -0.938. The van der Waals surface area contributed by atoms with Crippen LogP contribution < -0.4 is 14.8 Å². The number of carbonyl (C=O) groups is 5. The molecule has 1 atom stereocenters. The van der Waals surface area contributed by atoms with Gasteiger partial charge in [-0.3, -0.25) is 19.2 Å². The van der Waals surface area contributed by atoms with Crippen molar-refractivity contribution in [3.05, 3.63) is 23.8 Å². The Morgan fingerprint density at radius 3 is 2.13 bits per heavy atom. The summed E-state index contributed by atoms with van der Waals surface area (Å²) in [6.07, 6.45) is 3.36. The summed E-state index contributed by atoms with van der Waals surface area (Å²) in [6.45, 7) is 14.1. The van der Waals surface area contributed by atoms with Crippen LogP contribution in [-0.2, 0) is 19.2 Å². The summed E-state index contributed by atoms with van der Waals surface area (Å²) in [7, 11) is 8.74. The van der Waals surface area contributed by atoms with Gasteiger partial charge >= 0.3 is 0 Å². The Morgan fingerprint density at radius 2 is 1.60 bits per heavy atom.